The molecule has 1 aromatic heterocycles. The molecule has 0 saturated carbocycles. The molecule has 5 rings (SSSR count). The highest BCUT2D eigenvalue weighted by Gasteiger charge is 2.35. The maximum atomic E-state index is 5.67. The lowest BCUT2D eigenvalue weighted by Gasteiger charge is -2.36. The second-order valence-corrected chi connectivity index (χ2v) is 11.8. The molecule has 0 saturated heterocycles. The lowest BCUT2D eigenvalue weighted by atomic mass is 9.92. The predicted molar refractivity (Wildman–Crippen MR) is 170 cm³/mol. The van der Waals surface area contributed by atoms with Gasteiger partial charge in [-0.15, -0.1) is 5.98 Å². The average molecular weight is 523 g/mol. The molecule has 4 heteroatoms. The van der Waals surface area contributed by atoms with E-state index < -0.39 is 9.52 Å². The average Bonchev–Trinajstić information content (AvgIpc) is 3.54. The summed E-state index contributed by atoms with van der Waals surface area (Å²) in [6.45, 7) is 4.36. The van der Waals surface area contributed by atoms with E-state index in [1.165, 1.54) is 16.7 Å². The Kier molecular flexibility index (Phi) is 10.1. The fraction of sp³-hybridized carbons (Fsp3) is 0.114. The molecule has 0 fully saturated rings. The van der Waals surface area contributed by atoms with Gasteiger partial charge in [0.15, 0.2) is 0 Å². The molecule has 1 heterocycles. The van der Waals surface area contributed by atoms with E-state index in [1.807, 2.05) is 48.9 Å². The zero-order valence-corrected chi connectivity index (χ0v) is 24.2. The van der Waals surface area contributed by atoms with E-state index in [-0.39, 0.29) is 5.16 Å². The molecular weight excluding hydrogens is 487 g/mol. The van der Waals surface area contributed by atoms with Crippen LogP contribution < -0.4 is 0 Å². The van der Waals surface area contributed by atoms with Crippen molar-refractivity contribution in [3.63, 3.8) is 0 Å². The van der Waals surface area contributed by atoms with E-state index in [0.717, 1.165) is 22.7 Å². The second-order valence-electron chi connectivity index (χ2n) is 9.69. The Bertz CT molecular complexity index is 1360. The second kappa shape index (κ2) is 14.1. The van der Waals surface area contributed by atoms with E-state index >= 15 is 0 Å². The molecule has 0 amide bonds. The topological polar surface area (TPSA) is 17.8 Å². The predicted octanol–water partition coefficient (Wildman–Crippen LogP) is 7.43. The van der Waals surface area contributed by atoms with Gasteiger partial charge in [-0.3, -0.25) is 0 Å². The third-order valence-electron chi connectivity index (χ3n) is 6.84. The van der Waals surface area contributed by atoms with E-state index in [4.69, 9.17) is 7.85 Å². The zero-order valence-electron chi connectivity index (χ0n) is 22.8. The molecule has 192 valence electrons. The number of imidazole rings is 1. The molecule has 0 aliphatic carbocycles. The van der Waals surface area contributed by atoms with Gasteiger partial charge in [0, 0.05) is 12.4 Å². The molecule has 2 radical (unpaired) electrons. The molecule has 0 aliphatic rings. The van der Waals surface area contributed by atoms with Crippen molar-refractivity contribution in [2.45, 2.75) is 25.1 Å². The van der Waals surface area contributed by atoms with Gasteiger partial charge in [-0.2, -0.15) is 0 Å². The van der Waals surface area contributed by atoms with Crippen LogP contribution in [0.5, 0.6) is 0 Å². The molecule has 2 nitrogen and oxygen atoms in total. The molecule has 0 spiro atoms. The third kappa shape index (κ3) is 7.04. The third-order valence-corrected chi connectivity index (χ3v) is 9.33. The lowest BCUT2D eigenvalue weighted by molar-refractivity contribution is 0.592. The molecule has 0 unspecified atom stereocenters. The summed E-state index contributed by atoms with van der Waals surface area (Å²) in [4.78, 5) is 4.35. The minimum atomic E-state index is -0.543. The van der Waals surface area contributed by atoms with Gasteiger partial charge in [-0.1, -0.05) is 133 Å². The van der Waals surface area contributed by atoms with Crippen LogP contribution in [0.3, 0.4) is 0 Å². The standard InChI is InChI=1S/C21H24N2Si.C14H11B/c1-18(2)13-16-24-21(23-15-14-22-17-23,19-9-5-3-6-10-19)20-11-7-4-8-12-20;15-11-14(12-7-3-1-4-8-12)13-9-5-2-6-10-13/h3-15,17H,16,24H2,1-2H3;1-11H. The number of nitrogens with zero attached hydrogens (tertiary/aromatic N) is 2. The van der Waals surface area contributed by atoms with E-state index in [1.54, 1.807) is 5.98 Å². The Hall–Kier alpha value is -4.15. The summed E-state index contributed by atoms with van der Waals surface area (Å²) in [5.74, 6) is 1.66. The fourth-order valence-electron chi connectivity index (χ4n) is 4.96. The van der Waals surface area contributed by atoms with Crippen LogP contribution in [0.4, 0.5) is 0 Å². The zero-order chi connectivity index (χ0) is 27.3. The first-order chi connectivity index (χ1) is 19.1. The minimum absolute atomic E-state index is 0.106. The number of rotatable bonds is 8. The van der Waals surface area contributed by atoms with Crippen LogP contribution in [0, 0.1) is 0 Å². The maximum absolute atomic E-state index is 5.67. The van der Waals surface area contributed by atoms with Crippen molar-refractivity contribution < 1.29 is 0 Å². The van der Waals surface area contributed by atoms with E-state index in [9.17, 15) is 0 Å². The van der Waals surface area contributed by atoms with Crippen molar-refractivity contribution >= 4 is 22.9 Å². The Morgan fingerprint density at radius 2 is 1.21 bits per heavy atom. The summed E-state index contributed by atoms with van der Waals surface area (Å²) in [5.41, 5.74) is 7.45. The normalized spacial score (nSPS) is 10.9. The highest BCUT2D eigenvalue weighted by molar-refractivity contribution is 6.42. The summed E-state index contributed by atoms with van der Waals surface area (Å²) >= 11 is 0. The van der Waals surface area contributed by atoms with Crippen molar-refractivity contribution in [3.8, 4) is 0 Å². The van der Waals surface area contributed by atoms with Crippen molar-refractivity contribution in [1.29, 1.82) is 0 Å². The molecule has 5 aromatic rings. The Labute approximate surface area is 237 Å². The van der Waals surface area contributed by atoms with Crippen LogP contribution in [0.2, 0.25) is 6.04 Å². The highest BCUT2D eigenvalue weighted by atomic mass is 28.2. The first-order valence-corrected chi connectivity index (χ1v) is 15.1. The van der Waals surface area contributed by atoms with Gasteiger partial charge in [0.2, 0.25) is 0 Å². The SMILES string of the molecule is CC(C)=CC[SiH2]C(c1ccccc1)(c1ccccc1)n1ccnc1.[B]C=C(c1ccccc1)c1ccccc1. The first-order valence-electron chi connectivity index (χ1n) is 13.4. The summed E-state index contributed by atoms with van der Waals surface area (Å²) in [6.07, 6.45) is 8.34. The van der Waals surface area contributed by atoms with Crippen LogP contribution in [-0.4, -0.2) is 26.9 Å². The Morgan fingerprint density at radius 3 is 1.59 bits per heavy atom. The molecule has 0 atom stereocenters. The summed E-state index contributed by atoms with van der Waals surface area (Å²) in [6, 6.07) is 43.2. The summed E-state index contributed by atoms with van der Waals surface area (Å²) < 4.78 is 2.31. The van der Waals surface area contributed by atoms with Gasteiger partial charge in [0.1, 0.15) is 7.85 Å². The van der Waals surface area contributed by atoms with Crippen LogP contribution in [0.1, 0.15) is 36.1 Å². The number of aromatic nitrogens is 2. The fourth-order valence-corrected chi connectivity index (χ4v) is 7.59. The highest BCUT2D eigenvalue weighted by Crippen LogP contribution is 2.34. The quantitative estimate of drug-likeness (QED) is 0.153. The summed E-state index contributed by atoms with van der Waals surface area (Å²) in [7, 11) is 5.13. The van der Waals surface area contributed by atoms with Crippen LogP contribution >= 0.6 is 0 Å². The molecule has 0 bridgehead atoms. The number of allylic oxidation sites excluding steroid dienone is 2. The smallest absolute Gasteiger partial charge is 0.103 e. The molecule has 0 aliphatic heterocycles. The molecular formula is C35H35BN2Si. The van der Waals surface area contributed by atoms with Gasteiger partial charge in [-0.05, 0) is 47.7 Å². The number of hydrogen-bond acceptors (Lipinski definition) is 1. The van der Waals surface area contributed by atoms with Crippen molar-refractivity contribution in [1.82, 2.24) is 9.55 Å². The van der Waals surface area contributed by atoms with Gasteiger partial charge in [0.25, 0.3) is 0 Å². The molecule has 0 N–H and O–H groups in total. The van der Waals surface area contributed by atoms with Crippen LogP contribution in [-0.2, 0) is 5.16 Å². The van der Waals surface area contributed by atoms with Gasteiger partial charge in [0.05, 0.1) is 21.0 Å². The van der Waals surface area contributed by atoms with Crippen molar-refractivity contribution in [2.75, 3.05) is 0 Å². The number of benzene rings is 4. The number of hydrogen-bond donors (Lipinski definition) is 0. The van der Waals surface area contributed by atoms with E-state index in [0.29, 0.717) is 0 Å². The van der Waals surface area contributed by atoms with Gasteiger partial charge < -0.3 is 4.57 Å². The van der Waals surface area contributed by atoms with Crippen molar-refractivity contribution in [2.24, 2.45) is 0 Å². The molecule has 4 aromatic carbocycles. The van der Waals surface area contributed by atoms with Crippen molar-refractivity contribution in [3.05, 3.63) is 180 Å². The van der Waals surface area contributed by atoms with Crippen LogP contribution in [0.25, 0.3) is 5.57 Å². The monoisotopic (exact) mass is 522 g/mol. The summed E-state index contributed by atoms with van der Waals surface area (Å²) in [5, 5.41) is -0.106. The first kappa shape index (κ1) is 27.9. The maximum Gasteiger partial charge on any atom is 0.103 e. The molecule has 39 heavy (non-hydrogen) atoms. The minimum Gasteiger partial charge on any atom is -0.327 e. The lowest BCUT2D eigenvalue weighted by Crippen LogP contribution is -2.41. The van der Waals surface area contributed by atoms with E-state index in [2.05, 4.69) is 121 Å². The van der Waals surface area contributed by atoms with Crippen LogP contribution in [0.15, 0.2) is 158 Å². The largest absolute Gasteiger partial charge is 0.327 e. The van der Waals surface area contributed by atoms with Gasteiger partial charge in [-0.25, -0.2) is 4.98 Å². The Balaban J connectivity index is 0.000000202. The Morgan fingerprint density at radius 1 is 0.744 bits per heavy atom. The van der Waals surface area contributed by atoms with Gasteiger partial charge >= 0.3 is 0 Å².